The number of fused-ring (bicyclic) bond motifs is 1. The Bertz CT molecular complexity index is 331. The SMILES string of the molecule is CC(=O)Nc1n[nH]c2c1NCCC2. The van der Waals surface area contributed by atoms with Crippen LogP contribution in [0.3, 0.4) is 0 Å². The lowest BCUT2D eigenvalue weighted by atomic mass is 10.1. The molecule has 0 saturated carbocycles. The Labute approximate surface area is 75.9 Å². The molecule has 0 aromatic carbocycles. The lowest BCUT2D eigenvalue weighted by Gasteiger charge is -2.13. The van der Waals surface area contributed by atoms with Gasteiger partial charge in [0.1, 0.15) is 5.69 Å². The summed E-state index contributed by atoms with van der Waals surface area (Å²) in [5.74, 6) is 0.517. The van der Waals surface area contributed by atoms with Crippen LogP contribution in [0.25, 0.3) is 0 Å². The van der Waals surface area contributed by atoms with E-state index < -0.39 is 0 Å². The molecular weight excluding hydrogens is 168 g/mol. The fourth-order valence-electron chi connectivity index (χ4n) is 1.49. The minimum absolute atomic E-state index is 0.0957. The fourth-order valence-corrected chi connectivity index (χ4v) is 1.49. The zero-order valence-corrected chi connectivity index (χ0v) is 7.48. The molecule has 0 spiro atoms. The maximum Gasteiger partial charge on any atom is 0.222 e. The van der Waals surface area contributed by atoms with Gasteiger partial charge in [0.15, 0.2) is 5.82 Å². The number of carbonyl (C=O) groups excluding carboxylic acids is 1. The Morgan fingerprint density at radius 2 is 2.46 bits per heavy atom. The number of nitrogens with zero attached hydrogens (tertiary/aromatic N) is 1. The molecule has 1 amide bonds. The number of aromatic amines is 1. The standard InChI is InChI=1S/C8H12N4O/c1-5(13)10-8-7-6(11-12-8)3-2-4-9-7/h9H,2-4H2,1H3,(H2,10,11,12,13). The first-order chi connectivity index (χ1) is 6.27. The first-order valence-corrected chi connectivity index (χ1v) is 4.36. The molecule has 13 heavy (non-hydrogen) atoms. The molecule has 5 nitrogen and oxygen atoms in total. The lowest BCUT2D eigenvalue weighted by Crippen LogP contribution is -2.13. The molecule has 0 aliphatic carbocycles. The van der Waals surface area contributed by atoms with Crippen molar-refractivity contribution < 1.29 is 4.79 Å². The van der Waals surface area contributed by atoms with E-state index in [9.17, 15) is 4.79 Å². The second kappa shape index (κ2) is 3.08. The van der Waals surface area contributed by atoms with E-state index in [-0.39, 0.29) is 5.91 Å². The average Bonchev–Trinajstić information content (AvgIpc) is 2.48. The zero-order chi connectivity index (χ0) is 9.26. The minimum Gasteiger partial charge on any atom is -0.381 e. The highest BCUT2D eigenvalue weighted by atomic mass is 16.1. The summed E-state index contributed by atoms with van der Waals surface area (Å²) in [7, 11) is 0. The molecule has 0 atom stereocenters. The molecule has 0 saturated heterocycles. The first kappa shape index (κ1) is 8.10. The van der Waals surface area contributed by atoms with Crippen LogP contribution >= 0.6 is 0 Å². The first-order valence-electron chi connectivity index (χ1n) is 4.36. The smallest absolute Gasteiger partial charge is 0.222 e. The van der Waals surface area contributed by atoms with Crippen LogP contribution in [0.4, 0.5) is 11.5 Å². The molecule has 0 unspecified atom stereocenters. The van der Waals surface area contributed by atoms with E-state index in [0.29, 0.717) is 5.82 Å². The highest BCUT2D eigenvalue weighted by Crippen LogP contribution is 2.27. The largest absolute Gasteiger partial charge is 0.381 e. The van der Waals surface area contributed by atoms with Crippen LogP contribution in [0.15, 0.2) is 0 Å². The molecule has 2 heterocycles. The molecule has 0 fully saturated rings. The molecule has 1 aliphatic heterocycles. The summed E-state index contributed by atoms with van der Waals surface area (Å²) in [4.78, 5) is 10.8. The van der Waals surface area contributed by atoms with E-state index in [0.717, 1.165) is 30.8 Å². The van der Waals surface area contributed by atoms with Crippen molar-refractivity contribution in [2.75, 3.05) is 17.2 Å². The van der Waals surface area contributed by atoms with Crippen molar-refractivity contribution in [1.82, 2.24) is 10.2 Å². The van der Waals surface area contributed by atoms with E-state index in [1.165, 1.54) is 6.92 Å². The summed E-state index contributed by atoms with van der Waals surface area (Å²) in [5, 5.41) is 12.8. The highest BCUT2D eigenvalue weighted by Gasteiger charge is 2.16. The predicted octanol–water partition coefficient (Wildman–Crippen LogP) is 0.726. The summed E-state index contributed by atoms with van der Waals surface area (Å²) >= 11 is 0. The third-order valence-corrected chi connectivity index (χ3v) is 2.04. The summed E-state index contributed by atoms with van der Waals surface area (Å²) in [6.45, 7) is 2.42. The number of amides is 1. The maximum atomic E-state index is 10.8. The molecule has 1 aromatic rings. The molecule has 70 valence electrons. The molecule has 3 N–H and O–H groups in total. The molecule has 0 bridgehead atoms. The third-order valence-electron chi connectivity index (χ3n) is 2.04. The second-order valence-electron chi connectivity index (χ2n) is 3.14. The summed E-state index contributed by atoms with van der Waals surface area (Å²) in [5.41, 5.74) is 2.02. The predicted molar refractivity (Wildman–Crippen MR) is 49.7 cm³/mol. The van der Waals surface area contributed by atoms with Crippen molar-refractivity contribution in [3.8, 4) is 0 Å². The van der Waals surface area contributed by atoms with Crippen molar-refractivity contribution in [3.63, 3.8) is 0 Å². The van der Waals surface area contributed by atoms with Crippen molar-refractivity contribution in [1.29, 1.82) is 0 Å². The molecular formula is C8H12N4O. The minimum atomic E-state index is -0.0957. The number of H-pyrrole nitrogens is 1. The van der Waals surface area contributed by atoms with Crippen molar-refractivity contribution in [3.05, 3.63) is 5.69 Å². The van der Waals surface area contributed by atoms with Crippen molar-refractivity contribution in [2.45, 2.75) is 19.8 Å². The van der Waals surface area contributed by atoms with Crippen LogP contribution in [0.1, 0.15) is 19.0 Å². The van der Waals surface area contributed by atoms with E-state index >= 15 is 0 Å². The number of aromatic nitrogens is 2. The Hall–Kier alpha value is -1.52. The molecule has 2 rings (SSSR count). The summed E-state index contributed by atoms with van der Waals surface area (Å²) in [6, 6.07) is 0. The van der Waals surface area contributed by atoms with Crippen molar-refractivity contribution >= 4 is 17.4 Å². The highest BCUT2D eigenvalue weighted by molar-refractivity contribution is 5.91. The van der Waals surface area contributed by atoms with Gasteiger partial charge in [-0.25, -0.2) is 0 Å². The molecule has 1 aliphatic rings. The third kappa shape index (κ3) is 1.49. The lowest BCUT2D eigenvalue weighted by molar-refractivity contribution is -0.114. The number of hydrogen-bond acceptors (Lipinski definition) is 3. The fraction of sp³-hybridized carbons (Fsp3) is 0.500. The van der Waals surface area contributed by atoms with E-state index in [4.69, 9.17) is 0 Å². The van der Waals surface area contributed by atoms with Crippen LogP contribution in [0, 0.1) is 0 Å². The van der Waals surface area contributed by atoms with E-state index in [1.54, 1.807) is 0 Å². The Kier molecular flexibility index (Phi) is 1.92. The topological polar surface area (TPSA) is 69.8 Å². The van der Waals surface area contributed by atoms with Gasteiger partial charge in [0.25, 0.3) is 0 Å². The van der Waals surface area contributed by atoms with Gasteiger partial charge in [0.05, 0.1) is 5.69 Å². The molecule has 0 radical (unpaired) electrons. The number of hydrogen-bond donors (Lipinski definition) is 3. The Morgan fingerprint density at radius 1 is 1.62 bits per heavy atom. The van der Waals surface area contributed by atoms with Crippen LogP contribution in [0.2, 0.25) is 0 Å². The number of anilines is 2. The second-order valence-corrected chi connectivity index (χ2v) is 3.14. The zero-order valence-electron chi connectivity index (χ0n) is 7.48. The van der Waals surface area contributed by atoms with E-state index in [1.807, 2.05) is 0 Å². The monoisotopic (exact) mass is 180 g/mol. The summed E-state index contributed by atoms with van der Waals surface area (Å²) < 4.78 is 0. The molecule has 1 aromatic heterocycles. The van der Waals surface area contributed by atoms with Gasteiger partial charge < -0.3 is 10.6 Å². The van der Waals surface area contributed by atoms with Gasteiger partial charge in [-0.15, -0.1) is 0 Å². The van der Waals surface area contributed by atoms with Crippen LogP contribution in [-0.4, -0.2) is 22.6 Å². The van der Waals surface area contributed by atoms with Gasteiger partial charge in [-0.3, -0.25) is 9.89 Å². The number of nitrogens with one attached hydrogen (secondary N) is 3. The normalized spacial score (nSPS) is 14.5. The van der Waals surface area contributed by atoms with Gasteiger partial charge in [-0.1, -0.05) is 0 Å². The van der Waals surface area contributed by atoms with E-state index in [2.05, 4.69) is 20.8 Å². The van der Waals surface area contributed by atoms with Crippen LogP contribution < -0.4 is 10.6 Å². The average molecular weight is 180 g/mol. The van der Waals surface area contributed by atoms with Gasteiger partial charge in [-0.05, 0) is 12.8 Å². The van der Waals surface area contributed by atoms with Gasteiger partial charge in [0.2, 0.25) is 5.91 Å². The van der Waals surface area contributed by atoms with Crippen LogP contribution in [0.5, 0.6) is 0 Å². The molecule has 5 heteroatoms. The number of rotatable bonds is 1. The van der Waals surface area contributed by atoms with Crippen LogP contribution in [-0.2, 0) is 11.2 Å². The number of aryl methyl sites for hydroxylation is 1. The van der Waals surface area contributed by atoms with Gasteiger partial charge >= 0.3 is 0 Å². The Balaban J connectivity index is 2.26. The number of carbonyl (C=O) groups is 1. The van der Waals surface area contributed by atoms with Gasteiger partial charge in [-0.2, -0.15) is 5.10 Å². The summed E-state index contributed by atoms with van der Waals surface area (Å²) in [6.07, 6.45) is 2.10. The maximum absolute atomic E-state index is 10.8. The van der Waals surface area contributed by atoms with Gasteiger partial charge in [0, 0.05) is 13.5 Å². The Morgan fingerprint density at radius 3 is 3.23 bits per heavy atom. The quantitative estimate of drug-likeness (QED) is 0.596. The van der Waals surface area contributed by atoms with Crippen molar-refractivity contribution in [2.24, 2.45) is 0 Å².